The van der Waals surface area contributed by atoms with Crippen LogP contribution < -0.4 is 10.6 Å². The minimum Gasteiger partial charge on any atom is -0.366 e. The predicted molar refractivity (Wildman–Crippen MR) is 92.1 cm³/mol. The number of anilines is 2. The number of nitrogens with one attached hydrogen (secondary N) is 2. The molecule has 2 heterocycles. The zero-order valence-electron chi connectivity index (χ0n) is 13.0. The molecule has 0 atom stereocenters. The van der Waals surface area contributed by atoms with Crippen LogP contribution in [0.15, 0.2) is 60.9 Å². The van der Waals surface area contributed by atoms with Gasteiger partial charge in [-0.15, -0.1) is 0 Å². The summed E-state index contributed by atoms with van der Waals surface area (Å²) < 4.78 is 0. The highest BCUT2D eigenvalue weighted by Gasteiger charge is 2.02. The first-order chi connectivity index (χ1) is 11.3. The van der Waals surface area contributed by atoms with E-state index in [4.69, 9.17) is 0 Å². The van der Waals surface area contributed by atoms with Crippen LogP contribution in [-0.4, -0.2) is 15.0 Å². The molecule has 116 valence electrons. The van der Waals surface area contributed by atoms with Gasteiger partial charge < -0.3 is 10.6 Å². The Morgan fingerprint density at radius 2 is 1.52 bits per heavy atom. The molecule has 0 amide bonds. The highest BCUT2D eigenvalue weighted by Crippen LogP contribution is 2.12. The van der Waals surface area contributed by atoms with E-state index in [2.05, 4.69) is 37.7 Å². The quantitative estimate of drug-likeness (QED) is 0.731. The summed E-state index contributed by atoms with van der Waals surface area (Å²) in [6, 6.07) is 16.1. The maximum absolute atomic E-state index is 4.51. The third-order valence-corrected chi connectivity index (χ3v) is 3.37. The molecular formula is C18H19N5. The molecule has 23 heavy (non-hydrogen) atoms. The molecule has 0 saturated carbocycles. The van der Waals surface area contributed by atoms with Gasteiger partial charge in [-0.2, -0.15) is 4.98 Å². The second-order valence-electron chi connectivity index (χ2n) is 5.27. The first-order valence-electron chi connectivity index (χ1n) is 7.56. The van der Waals surface area contributed by atoms with E-state index in [1.807, 2.05) is 43.3 Å². The summed E-state index contributed by atoms with van der Waals surface area (Å²) in [6.45, 7) is 3.37. The molecule has 3 rings (SSSR count). The maximum atomic E-state index is 4.51. The normalized spacial score (nSPS) is 10.3. The van der Waals surface area contributed by atoms with Gasteiger partial charge in [0.1, 0.15) is 5.82 Å². The Morgan fingerprint density at radius 3 is 2.30 bits per heavy atom. The monoisotopic (exact) mass is 305 g/mol. The van der Waals surface area contributed by atoms with Gasteiger partial charge in [-0.25, -0.2) is 4.98 Å². The van der Waals surface area contributed by atoms with Gasteiger partial charge in [0.15, 0.2) is 0 Å². The van der Waals surface area contributed by atoms with Crippen molar-refractivity contribution in [2.45, 2.75) is 20.0 Å². The molecule has 2 aromatic heterocycles. The van der Waals surface area contributed by atoms with Crippen molar-refractivity contribution in [3.8, 4) is 0 Å². The molecule has 0 aliphatic carbocycles. The molecular weight excluding hydrogens is 286 g/mol. The standard InChI is InChI=1S/C18H19N5/c1-14-11-17(20-12-15-5-3-2-4-6-15)23-18(22-14)21-13-16-7-9-19-10-8-16/h2-11H,12-13H2,1H3,(H2,20,21,22,23). The van der Waals surface area contributed by atoms with Crippen molar-refractivity contribution in [3.63, 3.8) is 0 Å². The molecule has 2 N–H and O–H groups in total. The van der Waals surface area contributed by atoms with Crippen molar-refractivity contribution in [2.75, 3.05) is 10.6 Å². The lowest BCUT2D eigenvalue weighted by Crippen LogP contribution is -2.08. The second kappa shape index (κ2) is 7.35. The Balaban J connectivity index is 1.64. The van der Waals surface area contributed by atoms with Crippen molar-refractivity contribution in [2.24, 2.45) is 0 Å². The van der Waals surface area contributed by atoms with Crippen LogP contribution in [0, 0.1) is 6.92 Å². The minimum absolute atomic E-state index is 0.623. The average molecular weight is 305 g/mol. The third-order valence-electron chi connectivity index (χ3n) is 3.37. The molecule has 0 aliphatic heterocycles. The Morgan fingerprint density at radius 1 is 0.826 bits per heavy atom. The number of pyridine rings is 1. The Kier molecular flexibility index (Phi) is 4.79. The molecule has 5 nitrogen and oxygen atoms in total. The smallest absolute Gasteiger partial charge is 0.225 e. The van der Waals surface area contributed by atoms with Crippen molar-refractivity contribution in [1.29, 1.82) is 0 Å². The van der Waals surface area contributed by atoms with Crippen molar-refractivity contribution in [1.82, 2.24) is 15.0 Å². The van der Waals surface area contributed by atoms with E-state index in [9.17, 15) is 0 Å². The van der Waals surface area contributed by atoms with Crippen LogP contribution in [0.2, 0.25) is 0 Å². The van der Waals surface area contributed by atoms with Gasteiger partial charge >= 0.3 is 0 Å². The zero-order chi connectivity index (χ0) is 15.9. The summed E-state index contributed by atoms with van der Waals surface area (Å²) in [5, 5.41) is 6.59. The fourth-order valence-electron chi connectivity index (χ4n) is 2.21. The highest BCUT2D eigenvalue weighted by molar-refractivity contribution is 5.43. The summed E-state index contributed by atoms with van der Waals surface area (Å²) in [6.07, 6.45) is 3.56. The van der Waals surface area contributed by atoms with Crippen LogP contribution in [0.1, 0.15) is 16.8 Å². The number of rotatable bonds is 6. The number of hydrogen-bond donors (Lipinski definition) is 2. The van der Waals surface area contributed by atoms with Crippen LogP contribution in [0.4, 0.5) is 11.8 Å². The van der Waals surface area contributed by atoms with Crippen molar-refractivity contribution >= 4 is 11.8 Å². The summed E-state index contributed by atoms with van der Waals surface area (Å²) in [5.74, 6) is 1.44. The molecule has 0 saturated heterocycles. The molecule has 0 spiro atoms. The zero-order valence-corrected chi connectivity index (χ0v) is 13.0. The Hall–Kier alpha value is -2.95. The third kappa shape index (κ3) is 4.51. The van der Waals surface area contributed by atoms with Gasteiger partial charge in [-0.3, -0.25) is 4.98 Å². The van der Waals surface area contributed by atoms with E-state index in [0.29, 0.717) is 12.5 Å². The SMILES string of the molecule is Cc1cc(NCc2ccccc2)nc(NCc2ccncc2)n1. The lowest BCUT2D eigenvalue weighted by atomic mass is 10.2. The lowest BCUT2D eigenvalue weighted by molar-refractivity contribution is 1.01. The molecule has 5 heteroatoms. The first-order valence-corrected chi connectivity index (χ1v) is 7.56. The molecule has 0 unspecified atom stereocenters. The largest absolute Gasteiger partial charge is 0.366 e. The van der Waals surface area contributed by atoms with E-state index in [0.717, 1.165) is 23.6 Å². The van der Waals surface area contributed by atoms with Gasteiger partial charge in [-0.1, -0.05) is 30.3 Å². The number of nitrogens with zero attached hydrogens (tertiary/aromatic N) is 3. The number of aryl methyl sites for hydroxylation is 1. The molecule has 0 aliphatic rings. The number of hydrogen-bond acceptors (Lipinski definition) is 5. The maximum Gasteiger partial charge on any atom is 0.225 e. The fraction of sp³-hybridized carbons (Fsp3) is 0.167. The lowest BCUT2D eigenvalue weighted by Gasteiger charge is -2.10. The Bertz CT molecular complexity index is 682. The second-order valence-corrected chi connectivity index (χ2v) is 5.27. The van der Waals surface area contributed by atoms with Gasteiger partial charge in [0.2, 0.25) is 5.95 Å². The number of benzene rings is 1. The van der Waals surface area contributed by atoms with E-state index in [1.54, 1.807) is 12.4 Å². The van der Waals surface area contributed by atoms with E-state index >= 15 is 0 Å². The highest BCUT2D eigenvalue weighted by atomic mass is 15.1. The van der Waals surface area contributed by atoms with Crippen LogP contribution in [0.3, 0.4) is 0 Å². The van der Waals surface area contributed by atoms with Crippen LogP contribution in [0.5, 0.6) is 0 Å². The molecule has 1 aromatic carbocycles. The molecule has 0 radical (unpaired) electrons. The number of aromatic nitrogens is 3. The average Bonchev–Trinajstić information content (AvgIpc) is 2.60. The summed E-state index contributed by atoms with van der Waals surface area (Å²) >= 11 is 0. The summed E-state index contributed by atoms with van der Waals surface area (Å²) in [7, 11) is 0. The molecule has 3 aromatic rings. The van der Waals surface area contributed by atoms with E-state index in [1.165, 1.54) is 5.56 Å². The fourth-order valence-corrected chi connectivity index (χ4v) is 2.21. The van der Waals surface area contributed by atoms with Gasteiger partial charge in [0, 0.05) is 37.2 Å². The van der Waals surface area contributed by atoms with E-state index in [-0.39, 0.29) is 0 Å². The Labute approximate surface area is 135 Å². The van der Waals surface area contributed by atoms with Crippen molar-refractivity contribution in [3.05, 3.63) is 77.7 Å². The topological polar surface area (TPSA) is 62.7 Å². The summed E-state index contributed by atoms with van der Waals surface area (Å²) in [4.78, 5) is 13.0. The van der Waals surface area contributed by atoms with Crippen LogP contribution in [0.25, 0.3) is 0 Å². The molecule has 0 fully saturated rings. The van der Waals surface area contributed by atoms with E-state index < -0.39 is 0 Å². The first kappa shape index (κ1) is 15.0. The predicted octanol–water partition coefficient (Wildman–Crippen LogP) is 3.40. The van der Waals surface area contributed by atoms with Gasteiger partial charge in [0.25, 0.3) is 0 Å². The minimum atomic E-state index is 0.623. The van der Waals surface area contributed by atoms with Gasteiger partial charge in [0.05, 0.1) is 0 Å². The summed E-state index contributed by atoms with van der Waals surface area (Å²) in [5.41, 5.74) is 3.28. The van der Waals surface area contributed by atoms with Crippen LogP contribution in [-0.2, 0) is 13.1 Å². The van der Waals surface area contributed by atoms with Gasteiger partial charge in [-0.05, 0) is 30.2 Å². The van der Waals surface area contributed by atoms with Crippen molar-refractivity contribution < 1.29 is 0 Å². The van der Waals surface area contributed by atoms with Crippen LogP contribution >= 0.6 is 0 Å². The molecule has 0 bridgehead atoms.